The maximum atomic E-state index is 10.8. The molecule has 10 heavy (non-hydrogen) atoms. The highest BCUT2D eigenvalue weighted by molar-refractivity contribution is 6.09. The van der Waals surface area contributed by atoms with Crippen LogP contribution in [0.5, 0.6) is 0 Å². The van der Waals surface area contributed by atoms with E-state index in [1.807, 2.05) is 6.07 Å². The van der Waals surface area contributed by atoms with Gasteiger partial charge in [-0.25, -0.2) is 4.79 Å². The Labute approximate surface area is 62.4 Å². The molecule has 0 bridgehead atoms. The lowest BCUT2D eigenvalue weighted by molar-refractivity contribution is 0.0749. The van der Waals surface area contributed by atoms with E-state index < -0.39 is 0 Å². The summed E-state index contributed by atoms with van der Waals surface area (Å²) in [4.78, 5) is 10.8. The summed E-state index contributed by atoms with van der Waals surface area (Å²) in [5, 5.41) is 0. The van der Waals surface area contributed by atoms with Gasteiger partial charge in [-0.15, -0.1) is 0 Å². The monoisotopic (exact) mass is 151 g/mol. The Hall–Kier alpha value is -1.09. The molecule has 0 saturated heterocycles. The van der Waals surface area contributed by atoms with Gasteiger partial charge in [0, 0.05) is 0 Å². The normalized spacial score (nSPS) is 8.90. The first-order valence-electron chi connectivity index (χ1n) is 2.86. The predicted octanol–water partition coefficient (Wildman–Crippen LogP) is 0.391. The second-order valence-electron chi connectivity index (χ2n) is 1.80. The molecule has 0 aliphatic rings. The van der Waals surface area contributed by atoms with Gasteiger partial charge in [0.25, 0.3) is 0 Å². The van der Waals surface area contributed by atoms with E-state index in [-0.39, 0.29) is 5.97 Å². The molecule has 1 aromatic rings. The molecule has 1 radical (unpaired) electrons. The van der Waals surface area contributed by atoms with E-state index in [0.717, 1.165) is 0 Å². The van der Waals surface area contributed by atoms with E-state index in [1.165, 1.54) is 10.5 Å². The highest BCUT2D eigenvalue weighted by Gasteiger charge is 1.99. The maximum Gasteiger partial charge on any atom is 0.324 e. The average molecular weight is 151 g/mol. The van der Waals surface area contributed by atoms with E-state index >= 15 is 0 Å². The molecular formula is C7H7O2Si. The molecule has 51 valence electrons. The van der Waals surface area contributed by atoms with Gasteiger partial charge in [0.1, 0.15) is 0 Å². The van der Waals surface area contributed by atoms with Gasteiger partial charge in [0.15, 0.2) is 0 Å². The third kappa shape index (κ3) is 1.45. The van der Waals surface area contributed by atoms with E-state index in [9.17, 15) is 4.79 Å². The van der Waals surface area contributed by atoms with Crippen molar-refractivity contribution >= 4 is 16.5 Å². The van der Waals surface area contributed by atoms with Gasteiger partial charge < -0.3 is 4.43 Å². The van der Waals surface area contributed by atoms with Crippen LogP contribution in [0.1, 0.15) is 10.4 Å². The molecule has 3 heteroatoms. The van der Waals surface area contributed by atoms with Crippen LogP contribution in [0.15, 0.2) is 30.3 Å². The van der Waals surface area contributed by atoms with Gasteiger partial charge in [-0.3, -0.25) is 0 Å². The zero-order valence-electron chi connectivity index (χ0n) is 5.41. The van der Waals surface area contributed by atoms with Crippen molar-refractivity contribution in [1.29, 1.82) is 0 Å². The number of carbonyl (C=O) groups excluding carboxylic acids is 1. The summed E-state index contributed by atoms with van der Waals surface area (Å²) in [5.41, 5.74) is 0.595. The summed E-state index contributed by atoms with van der Waals surface area (Å²) < 4.78 is 4.53. The van der Waals surface area contributed by atoms with Crippen LogP contribution < -0.4 is 0 Å². The van der Waals surface area contributed by atoms with E-state index in [2.05, 4.69) is 4.43 Å². The van der Waals surface area contributed by atoms with Crippen LogP contribution in [0.25, 0.3) is 0 Å². The van der Waals surface area contributed by atoms with Crippen molar-refractivity contribution in [2.24, 2.45) is 0 Å². The van der Waals surface area contributed by atoms with E-state index in [4.69, 9.17) is 0 Å². The molecule has 2 nitrogen and oxygen atoms in total. The fraction of sp³-hybridized carbons (Fsp3) is 0. The smallest absolute Gasteiger partial charge is 0.324 e. The zero-order chi connectivity index (χ0) is 7.40. The summed E-state index contributed by atoms with van der Waals surface area (Å²) >= 11 is 0. The molecule has 0 saturated carbocycles. The molecule has 1 rings (SSSR count). The van der Waals surface area contributed by atoms with Crippen LogP contribution in [-0.4, -0.2) is 16.5 Å². The summed E-state index contributed by atoms with van der Waals surface area (Å²) in [6.07, 6.45) is 0. The molecule has 0 aliphatic carbocycles. The number of hydrogen-bond acceptors (Lipinski definition) is 2. The summed E-state index contributed by atoms with van der Waals surface area (Å²) in [6, 6.07) is 8.89. The Kier molecular flexibility index (Phi) is 2.23. The molecule has 0 atom stereocenters. The van der Waals surface area contributed by atoms with Crippen molar-refractivity contribution in [1.82, 2.24) is 0 Å². The number of rotatable bonds is 1. The molecular weight excluding hydrogens is 144 g/mol. The average Bonchev–Trinajstić information content (AvgIpc) is 2.05. The van der Waals surface area contributed by atoms with Gasteiger partial charge in [-0.1, -0.05) is 18.2 Å². The standard InChI is InChI=1S/C7H7O2Si/c8-7(9-10)6-4-2-1-3-5-6/h1-5H,10H2. The van der Waals surface area contributed by atoms with Gasteiger partial charge in [-0.2, -0.15) is 0 Å². The Morgan fingerprint density at radius 3 is 2.40 bits per heavy atom. The van der Waals surface area contributed by atoms with Crippen molar-refractivity contribution in [3.63, 3.8) is 0 Å². The molecule has 0 spiro atoms. The summed E-state index contributed by atoms with van der Waals surface area (Å²) in [5.74, 6) is -0.279. The second-order valence-corrected chi connectivity index (χ2v) is 2.09. The number of carbonyl (C=O) groups is 1. The lowest BCUT2D eigenvalue weighted by atomic mass is 10.2. The summed E-state index contributed by atoms with van der Waals surface area (Å²) in [7, 11) is 1.19. The van der Waals surface area contributed by atoms with Crippen LogP contribution >= 0.6 is 0 Å². The third-order valence-electron chi connectivity index (χ3n) is 1.14. The van der Waals surface area contributed by atoms with E-state index in [1.54, 1.807) is 24.3 Å². The largest absolute Gasteiger partial charge is 0.521 e. The van der Waals surface area contributed by atoms with Gasteiger partial charge >= 0.3 is 5.97 Å². The van der Waals surface area contributed by atoms with Crippen LogP contribution in [0.2, 0.25) is 0 Å². The van der Waals surface area contributed by atoms with Crippen LogP contribution in [0.4, 0.5) is 0 Å². The minimum absolute atomic E-state index is 0.279. The molecule has 0 aromatic heterocycles. The first-order chi connectivity index (χ1) is 4.84. The Balaban J connectivity index is 2.85. The van der Waals surface area contributed by atoms with Gasteiger partial charge in [-0.05, 0) is 12.1 Å². The third-order valence-corrected chi connectivity index (χ3v) is 1.40. The minimum Gasteiger partial charge on any atom is -0.521 e. The molecule has 0 amide bonds. The van der Waals surface area contributed by atoms with Crippen LogP contribution in [0, 0.1) is 0 Å². The molecule has 0 heterocycles. The fourth-order valence-corrected chi connectivity index (χ4v) is 0.824. The predicted molar refractivity (Wildman–Crippen MR) is 40.4 cm³/mol. The van der Waals surface area contributed by atoms with Gasteiger partial charge in [0.05, 0.1) is 5.56 Å². The lowest BCUT2D eigenvalue weighted by Crippen LogP contribution is -2.00. The number of hydrogen-bond donors (Lipinski definition) is 0. The minimum atomic E-state index is -0.279. The Bertz CT molecular complexity index is 220. The molecule has 1 aromatic carbocycles. The quantitative estimate of drug-likeness (QED) is 0.543. The highest BCUT2D eigenvalue weighted by atomic mass is 28.2. The maximum absolute atomic E-state index is 10.8. The molecule has 0 fully saturated rings. The van der Waals surface area contributed by atoms with Crippen molar-refractivity contribution in [3.8, 4) is 0 Å². The van der Waals surface area contributed by atoms with Crippen molar-refractivity contribution in [2.45, 2.75) is 0 Å². The molecule has 0 N–H and O–H groups in total. The Morgan fingerprint density at radius 2 is 1.90 bits per heavy atom. The summed E-state index contributed by atoms with van der Waals surface area (Å²) in [6.45, 7) is 0. The van der Waals surface area contributed by atoms with Crippen molar-refractivity contribution < 1.29 is 9.22 Å². The first-order valence-corrected chi connectivity index (χ1v) is 3.43. The lowest BCUT2D eigenvalue weighted by Gasteiger charge is -1.96. The fourth-order valence-electron chi connectivity index (χ4n) is 0.658. The van der Waals surface area contributed by atoms with Crippen molar-refractivity contribution in [3.05, 3.63) is 35.9 Å². The van der Waals surface area contributed by atoms with Crippen LogP contribution in [0.3, 0.4) is 0 Å². The Morgan fingerprint density at radius 1 is 1.30 bits per heavy atom. The van der Waals surface area contributed by atoms with Crippen molar-refractivity contribution in [2.75, 3.05) is 0 Å². The van der Waals surface area contributed by atoms with Gasteiger partial charge in [0.2, 0.25) is 10.5 Å². The molecule has 0 unspecified atom stereocenters. The first kappa shape index (κ1) is 7.02. The second kappa shape index (κ2) is 3.17. The van der Waals surface area contributed by atoms with E-state index in [0.29, 0.717) is 5.56 Å². The zero-order valence-corrected chi connectivity index (χ0v) is 6.82. The number of benzene rings is 1. The molecule has 0 aliphatic heterocycles. The van der Waals surface area contributed by atoms with Crippen LogP contribution in [-0.2, 0) is 4.43 Å². The SMILES string of the molecule is O=C(O[SiH2])c1ccccc1. The highest BCUT2D eigenvalue weighted by Crippen LogP contribution is 1.98. The topological polar surface area (TPSA) is 26.3 Å².